The van der Waals surface area contributed by atoms with Gasteiger partial charge in [-0.2, -0.15) is 0 Å². The van der Waals surface area contributed by atoms with Crippen LogP contribution in [-0.2, 0) is 23.9 Å². The van der Waals surface area contributed by atoms with E-state index in [9.17, 15) is 29.7 Å². The Kier molecular flexibility index (Phi) is 10.0. The molecule has 1 aliphatic heterocycles. The smallest absolute Gasteiger partial charge is 0.303 e. The number of aliphatic carboxylic acids is 1. The number of hydrogen-bond donors (Lipinski definition) is 7. The molecule has 0 aromatic heterocycles. The van der Waals surface area contributed by atoms with Gasteiger partial charge in [0.05, 0.1) is 24.8 Å². The third-order valence-corrected chi connectivity index (χ3v) is 4.77. The molecule has 1 aliphatic rings. The van der Waals surface area contributed by atoms with E-state index in [0.717, 1.165) is 4.90 Å². The number of ether oxygens (including phenoxy) is 2. The molecule has 13 nitrogen and oxygen atoms in total. The second-order valence-corrected chi connectivity index (χ2v) is 7.36. The molecule has 10 N–H and O–H groups in total. The number of carbonyl (C=O) groups excluding carboxylic acids is 2. The summed E-state index contributed by atoms with van der Waals surface area (Å²) in [5.74, 6) is -2.72. The zero-order chi connectivity index (χ0) is 23.2. The van der Waals surface area contributed by atoms with Gasteiger partial charge in [-0.05, 0) is 20.3 Å². The highest BCUT2D eigenvalue weighted by atomic mass is 16.6. The Morgan fingerprint density at radius 1 is 1.23 bits per heavy atom. The predicted molar refractivity (Wildman–Crippen MR) is 101 cm³/mol. The number of nitrogens with zero attached hydrogens (tertiary/aromatic N) is 1. The SMILES string of the molecule is CC(CN(C(=O)[C@H](C)N)[C@@H](CCC(=O)O)C(N)=O)O[C@@H]1[C@@H](N)[C@@H](O)O[C@H](CO)[C@H]1O. The molecule has 0 aromatic carbocycles. The lowest BCUT2D eigenvalue weighted by molar-refractivity contribution is -0.263. The van der Waals surface area contributed by atoms with Crippen molar-refractivity contribution in [2.75, 3.05) is 13.2 Å². The molecular weight excluding hydrogens is 404 g/mol. The lowest BCUT2D eigenvalue weighted by atomic mass is 9.97. The number of rotatable bonds is 11. The van der Waals surface area contributed by atoms with Crippen molar-refractivity contribution in [1.82, 2.24) is 4.90 Å². The normalized spacial score (nSPS) is 29.6. The van der Waals surface area contributed by atoms with E-state index in [1.807, 2.05) is 0 Å². The Balaban J connectivity index is 3.00. The number of amides is 2. The van der Waals surface area contributed by atoms with E-state index < -0.39 is 79.6 Å². The summed E-state index contributed by atoms with van der Waals surface area (Å²) < 4.78 is 10.7. The first-order chi connectivity index (χ1) is 13.9. The topological polar surface area (TPSA) is 232 Å². The number of carboxylic acids is 1. The van der Waals surface area contributed by atoms with Gasteiger partial charge in [0, 0.05) is 13.0 Å². The van der Waals surface area contributed by atoms with Gasteiger partial charge in [-0.1, -0.05) is 0 Å². The number of primary amides is 1. The molecule has 0 spiro atoms. The fourth-order valence-corrected chi connectivity index (χ4v) is 3.21. The zero-order valence-electron chi connectivity index (χ0n) is 17.0. The van der Waals surface area contributed by atoms with E-state index in [1.165, 1.54) is 13.8 Å². The molecule has 30 heavy (non-hydrogen) atoms. The van der Waals surface area contributed by atoms with E-state index in [0.29, 0.717) is 0 Å². The molecule has 1 rings (SSSR count). The summed E-state index contributed by atoms with van der Waals surface area (Å²) in [6.45, 7) is 2.11. The Morgan fingerprint density at radius 3 is 2.30 bits per heavy atom. The van der Waals surface area contributed by atoms with Gasteiger partial charge in [-0.25, -0.2) is 0 Å². The Bertz CT molecular complexity index is 606. The van der Waals surface area contributed by atoms with Crippen molar-refractivity contribution >= 4 is 17.8 Å². The second kappa shape index (κ2) is 11.5. The molecule has 0 aliphatic carbocycles. The van der Waals surface area contributed by atoms with Gasteiger partial charge in [0.25, 0.3) is 0 Å². The van der Waals surface area contributed by atoms with E-state index in [1.54, 1.807) is 0 Å². The molecular formula is C17H32N4O9. The minimum Gasteiger partial charge on any atom is -0.481 e. The van der Waals surface area contributed by atoms with Crippen molar-refractivity contribution in [1.29, 1.82) is 0 Å². The van der Waals surface area contributed by atoms with Crippen LogP contribution in [0.2, 0.25) is 0 Å². The quantitative estimate of drug-likeness (QED) is 0.165. The lowest BCUT2D eigenvalue weighted by Crippen LogP contribution is -2.64. The maximum absolute atomic E-state index is 12.6. The third kappa shape index (κ3) is 6.84. The van der Waals surface area contributed by atoms with Crippen molar-refractivity contribution in [2.45, 2.75) is 75.5 Å². The van der Waals surface area contributed by atoms with Crippen molar-refractivity contribution in [3.63, 3.8) is 0 Å². The maximum Gasteiger partial charge on any atom is 0.303 e. The van der Waals surface area contributed by atoms with Crippen molar-refractivity contribution in [3.05, 3.63) is 0 Å². The standard InChI is InChI=1S/C17H32N4O9/c1-7(29-14-12(19)17(28)30-10(6-22)13(14)25)5-21(16(27)8(2)18)9(15(20)26)3-4-11(23)24/h7-10,12-14,17,22,25,28H,3-6,18-19H2,1-2H3,(H2,20,26)(H,23,24)/t7?,8-,9-,10+,12+,13+,14+,17-/m0/s1. The molecule has 0 bridgehead atoms. The lowest BCUT2D eigenvalue weighted by Gasteiger charge is -2.42. The number of nitrogens with two attached hydrogens (primary N) is 3. The van der Waals surface area contributed by atoms with E-state index in [2.05, 4.69) is 0 Å². The average molecular weight is 436 g/mol. The highest BCUT2D eigenvalue weighted by Crippen LogP contribution is 2.23. The zero-order valence-corrected chi connectivity index (χ0v) is 17.0. The molecule has 8 atom stereocenters. The summed E-state index contributed by atoms with van der Waals surface area (Å²) in [7, 11) is 0. The van der Waals surface area contributed by atoms with Crippen molar-refractivity contribution in [3.8, 4) is 0 Å². The highest BCUT2D eigenvalue weighted by molar-refractivity contribution is 5.89. The molecule has 1 heterocycles. The fourth-order valence-electron chi connectivity index (χ4n) is 3.21. The van der Waals surface area contributed by atoms with Crippen LogP contribution in [0.25, 0.3) is 0 Å². The Morgan fingerprint density at radius 2 is 1.83 bits per heavy atom. The minimum absolute atomic E-state index is 0.218. The van der Waals surface area contributed by atoms with Crippen LogP contribution in [-0.4, -0.2) is 105 Å². The van der Waals surface area contributed by atoms with Gasteiger partial charge in [0.15, 0.2) is 6.29 Å². The van der Waals surface area contributed by atoms with Crippen LogP contribution in [0.15, 0.2) is 0 Å². The summed E-state index contributed by atoms with van der Waals surface area (Å²) in [4.78, 5) is 36.4. The van der Waals surface area contributed by atoms with Crippen LogP contribution < -0.4 is 17.2 Å². The van der Waals surface area contributed by atoms with Crippen molar-refractivity contribution < 1.29 is 44.3 Å². The van der Waals surface area contributed by atoms with Crippen LogP contribution in [0.1, 0.15) is 26.7 Å². The average Bonchev–Trinajstić information content (AvgIpc) is 2.66. The van der Waals surface area contributed by atoms with Gasteiger partial charge in [0.2, 0.25) is 11.8 Å². The maximum atomic E-state index is 12.6. The van der Waals surface area contributed by atoms with Crippen LogP contribution >= 0.6 is 0 Å². The molecule has 1 saturated heterocycles. The Labute approximate surface area is 173 Å². The molecule has 174 valence electrons. The first-order valence-corrected chi connectivity index (χ1v) is 9.51. The largest absolute Gasteiger partial charge is 0.481 e. The van der Waals surface area contributed by atoms with Gasteiger partial charge in [0.1, 0.15) is 24.4 Å². The fraction of sp³-hybridized carbons (Fsp3) is 0.824. The van der Waals surface area contributed by atoms with E-state index in [-0.39, 0.29) is 13.0 Å². The van der Waals surface area contributed by atoms with Gasteiger partial charge < -0.3 is 52.0 Å². The first-order valence-electron chi connectivity index (χ1n) is 9.51. The summed E-state index contributed by atoms with van der Waals surface area (Å²) in [6, 6.07) is -3.39. The van der Waals surface area contributed by atoms with Gasteiger partial charge >= 0.3 is 5.97 Å². The van der Waals surface area contributed by atoms with E-state index in [4.69, 9.17) is 31.8 Å². The summed E-state index contributed by atoms with van der Waals surface area (Å²) in [6.07, 6.45) is -6.62. The number of aliphatic hydroxyl groups is 3. The van der Waals surface area contributed by atoms with Crippen LogP contribution in [0.5, 0.6) is 0 Å². The number of carboxylic acid groups (broad SMARTS) is 1. The monoisotopic (exact) mass is 436 g/mol. The first kappa shape index (κ1) is 26.2. The minimum atomic E-state index is -1.50. The molecule has 0 aromatic rings. The van der Waals surface area contributed by atoms with Crippen LogP contribution in [0.3, 0.4) is 0 Å². The highest BCUT2D eigenvalue weighted by Gasteiger charge is 2.44. The molecule has 13 heteroatoms. The van der Waals surface area contributed by atoms with Crippen LogP contribution in [0.4, 0.5) is 0 Å². The molecule has 0 radical (unpaired) electrons. The van der Waals surface area contributed by atoms with Crippen LogP contribution in [0, 0.1) is 0 Å². The van der Waals surface area contributed by atoms with E-state index >= 15 is 0 Å². The Hall–Kier alpha value is -1.87. The van der Waals surface area contributed by atoms with Gasteiger partial charge in [-0.15, -0.1) is 0 Å². The summed E-state index contributed by atoms with van der Waals surface area (Å²) in [5, 5.41) is 38.3. The van der Waals surface area contributed by atoms with Gasteiger partial charge in [-0.3, -0.25) is 14.4 Å². The molecule has 0 saturated carbocycles. The molecule has 1 unspecified atom stereocenters. The number of aliphatic hydroxyl groups excluding tert-OH is 3. The van der Waals surface area contributed by atoms with Crippen molar-refractivity contribution in [2.24, 2.45) is 17.2 Å². The number of hydrogen-bond acceptors (Lipinski definition) is 10. The predicted octanol–water partition coefficient (Wildman–Crippen LogP) is -3.95. The molecule has 1 fully saturated rings. The summed E-state index contributed by atoms with van der Waals surface area (Å²) in [5.41, 5.74) is 16.9. The number of carbonyl (C=O) groups is 3. The second-order valence-electron chi connectivity index (χ2n) is 7.36. The third-order valence-electron chi connectivity index (χ3n) is 4.77. The summed E-state index contributed by atoms with van der Waals surface area (Å²) >= 11 is 0. The molecule has 2 amide bonds.